The highest BCUT2D eigenvalue weighted by molar-refractivity contribution is 9.09. The molecule has 4 heteroatoms. The minimum absolute atomic E-state index is 0.125. The van der Waals surface area contributed by atoms with Crippen molar-refractivity contribution >= 4 is 21.8 Å². The third-order valence-electron chi connectivity index (χ3n) is 1.80. The van der Waals surface area contributed by atoms with Gasteiger partial charge in [-0.2, -0.15) is 0 Å². The molecule has 1 rings (SSSR count). The third kappa shape index (κ3) is 3.47. The van der Waals surface area contributed by atoms with Crippen molar-refractivity contribution in [2.24, 2.45) is 0 Å². The lowest BCUT2D eigenvalue weighted by molar-refractivity contribution is -0.118. The molecule has 0 radical (unpaired) electrons. The zero-order valence-electron chi connectivity index (χ0n) is 7.61. The summed E-state index contributed by atoms with van der Waals surface area (Å²) in [6.45, 7) is 0.244. The number of carbonyl (C=O) groups is 1. The van der Waals surface area contributed by atoms with E-state index in [2.05, 4.69) is 21.2 Å². The molecule has 2 N–H and O–H groups in total. The van der Waals surface area contributed by atoms with Crippen LogP contribution in [0.25, 0.3) is 0 Å². The number of nitrogens with one attached hydrogen (secondary N) is 1. The molecule has 14 heavy (non-hydrogen) atoms. The van der Waals surface area contributed by atoms with E-state index in [-0.39, 0.29) is 17.8 Å². The average molecular weight is 258 g/mol. The molecule has 0 bridgehead atoms. The van der Waals surface area contributed by atoms with Gasteiger partial charge >= 0.3 is 0 Å². The molecule has 1 amide bonds. The summed E-state index contributed by atoms with van der Waals surface area (Å²) in [5, 5.41) is 12.5. The van der Waals surface area contributed by atoms with Gasteiger partial charge in [-0.15, -0.1) is 0 Å². The van der Waals surface area contributed by atoms with Gasteiger partial charge in [-0.1, -0.05) is 46.3 Å². The van der Waals surface area contributed by atoms with Gasteiger partial charge in [0.2, 0.25) is 5.91 Å². The first kappa shape index (κ1) is 11.2. The summed E-state index contributed by atoms with van der Waals surface area (Å²) in [6, 6.07) is 9.24. The molecule has 1 aromatic carbocycles. The molecule has 0 aliphatic carbocycles. The number of benzene rings is 1. The van der Waals surface area contributed by atoms with E-state index in [0.717, 1.165) is 5.56 Å². The monoisotopic (exact) mass is 257 g/mol. The minimum atomic E-state index is -0.640. The van der Waals surface area contributed by atoms with Crippen molar-refractivity contribution in [3.05, 3.63) is 35.9 Å². The highest BCUT2D eigenvalue weighted by atomic mass is 79.9. The van der Waals surface area contributed by atoms with Crippen LogP contribution in [0, 0.1) is 0 Å². The van der Waals surface area contributed by atoms with Crippen LogP contribution >= 0.6 is 15.9 Å². The predicted molar refractivity (Wildman–Crippen MR) is 58.2 cm³/mol. The molecule has 0 saturated carbocycles. The molecule has 1 atom stereocenters. The van der Waals surface area contributed by atoms with Crippen LogP contribution in [0.2, 0.25) is 0 Å². The van der Waals surface area contributed by atoms with Crippen LogP contribution in [0.3, 0.4) is 0 Å². The second-order valence-corrected chi connectivity index (χ2v) is 3.42. The van der Waals surface area contributed by atoms with Crippen LogP contribution in [0.1, 0.15) is 11.7 Å². The van der Waals surface area contributed by atoms with Gasteiger partial charge in [-0.25, -0.2) is 0 Å². The zero-order chi connectivity index (χ0) is 10.4. The lowest BCUT2D eigenvalue weighted by atomic mass is 10.1. The average Bonchev–Trinajstić information content (AvgIpc) is 2.26. The van der Waals surface area contributed by atoms with Gasteiger partial charge in [0.05, 0.1) is 11.4 Å². The van der Waals surface area contributed by atoms with Crippen LogP contribution in [-0.4, -0.2) is 22.9 Å². The van der Waals surface area contributed by atoms with Crippen molar-refractivity contribution in [1.82, 2.24) is 5.32 Å². The standard InChI is InChI=1S/C10H12BrNO2/c11-6-10(14)12-7-9(13)8-4-2-1-3-5-8/h1-5,9,13H,6-7H2,(H,12,14)/t9-/m0/s1. The number of rotatable bonds is 4. The van der Waals surface area contributed by atoms with Gasteiger partial charge in [0.1, 0.15) is 0 Å². The van der Waals surface area contributed by atoms with E-state index in [9.17, 15) is 9.90 Å². The van der Waals surface area contributed by atoms with E-state index in [1.165, 1.54) is 0 Å². The van der Waals surface area contributed by atoms with E-state index < -0.39 is 6.10 Å². The molecule has 0 unspecified atom stereocenters. The molecule has 1 aromatic rings. The first-order chi connectivity index (χ1) is 6.74. The summed E-state index contributed by atoms with van der Waals surface area (Å²) in [5.41, 5.74) is 0.808. The van der Waals surface area contributed by atoms with Crippen LogP contribution in [0.15, 0.2) is 30.3 Å². The highest BCUT2D eigenvalue weighted by Gasteiger charge is 2.07. The largest absolute Gasteiger partial charge is 0.387 e. The molecular weight excluding hydrogens is 246 g/mol. The summed E-state index contributed by atoms with van der Waals surface area (Å²) in [5.74, 6) is -0.125. The van der Waals surface area contributed by atoms with Gasteiger partial charge in [-0.3, -0.25) is 4.79 Å². The van der Waals surface area contributed by atoms with E-state index in [1.807, 2.05) is 30.3 Å². The van der Waals surface area contributed by atoms with E-state index in [0.29, 0.717) is 0 Å². The Bertz CT molecular complexity index is 289. The summed E-state index contributed by atoms with van der Waals surface area (Å²) in [7, 11) is 0. The first-order valence-corrected chi connectivity index (χ1v) is 5.42. The number of hydrogen-bond donors (Lipinski definition) is 2. The number of aliphatic hydroxyl groups is 1. The van der Waals surface area contributed by atoms with Crippen molar-refractivity contribution in [3.8, 4) is 0 Å². The molecule has 0 spiro atoms. The van der Waals surface area contributed by atoms with Crippen LogP contribution < -0.4 is 5.32 Å². The fraction of sp³-hybridized carbons (Fsp3) is 0.300. The normalized spacial score (nSPS) is 12.1. The first-order valence-electron chi connectivity index (χ1n) is 4.29. The minimum Gasteiger partial charge on any atom is -0.387 e. The number of halogens is 1. The van der Waals surface area contributed by atoms with Gasteiger partial charge in [0.25, 0.3) is 0 Å². The summed E-state index contributed by atoms with van der Waals surface area (Å²) >= 11 is 3.03. The summed E-state index contributed by atoms with van der Waals surface area (Å²) in [4.78, 5) is 10.9. The van der Waals surface area contributed by atoms with Crippen molar-refractivity contribution in [1.29, 1.82) is 0 Å². The topological polar surface area (TPSA) is 49.3 Å². The smallest absolute Gasteiger partial charge is 0.230 e. The maximum absolute atomic E-state index is 10.9. The molecular formula is C10H12BrNO2. The van der Waals surface area contributed by atoms with Gasteiger partial charge in [0, 0.05) is 6.54 Å². The molecule has 76 valence electrons. The lowest BCUT2D eigenvalue weighted by Crippen LogP contribution is -2.28. The predicted octanol–water partition coefficient (Wildman–Crippen LogP) is 1.23. The fourth-order valence-corrected chi connectivity index (χ4v) is 1.25. The lowest BCUT2D eigenvalue weighted by Gasteiger charge is -2.11. The van der Waals surface area contributed by atoms with E-state index in [1.54, 1.807) is 0 Å². The second-order valence-electron chi connectivity index (χ2n) is 2.86. The number of amides is 1. The van der Waals surface area contributed by atoms with E-state index >= 15 is 0 Å². The van der Waals surface area contributed by atoms with Gasteiger partial charge < -0.3 is 10.4 Å². The summed E-state index contributed by atoms with van der Waals surface area (Å²) < 4.78 is 0. The maximum Gasteiger partial charge on any atom is 0.230 e. The quantitative estimate of drug-likeness (QED) is 0.798. The zero-order valence-corrected chi connectivity index (χ0v) is 9.20. The highest BCUT2D eigenvalue weighted by Crippen LogP contribution is 2.10. The summed E-state index contributed by atoms with van der Waals surface area (Å²) in [6.07, 6.45) is -0.640. The van der Waals surface area contributed by atoms with Gasteiger partial charge in [0.15, 0.2) is 0 Å². The number of carbonyl (C=O) groups excluding carboxylic acids is 1. The Hall–Kier alpha value is -0.870. The fourth-order valence-electron chi connectivity index (χ4n) is 1.05. The molecule has 0 saturated heterocycles. The third-order valence-corrected chi connectivity index (χ3v) is 2.31. The number of aliphatic hydroxyl groups excluding tert-OH is 1. The Morgan fingerprint density at radius 3 is 2.64 bits per heavy atom. The van der Waals surface area contributed by atoms with Crippen LogP contribution in [0.5, 0.6) is 0 Å². The van der Waals surface area contributed by atoms with Crippen molar-refractivity contribution in [3.63, 3.8) is 0 Å². The molecule has 0 fully saturated rings. The second kappa shape index (κ2) is 5.78. The molecule has 0 heterocycles. The molecule has 0 aliphatic rings. The van der Waals surface area contributed by atoms with Gasteiger partial charge in [-0.05, 0) is 5.56 Å². The van der Waals surface area contributed by atoms with E-state index in [4.69, 9.17) is 0 Å². The molecule has 0 aliphatic heterocycles. The Labute approximate surface area is 91.3 Å². The van der Waals surface area contributed by atoms with Crippen LogP contribution in [-0.2, 0) is 4.79 Å². The SMILES string of the molecule is O=C(CBr)NC[C@H](O)c1ccccc1. The Kier molecular flexibility index (Phi) is 4.62. The van der Waals surface area contributed by atoms with Crippen molar-refractivity contribution < 1.29 is 9.90 Å². The number of alkyl halides is 1. The van der Waals surface area contributed by atoms with Crippen molar-refractivity contribution in [2.75, 3.05) is 11.9 Å². The maximum atomic E-state index is 10.9. The Morgan fingerprint density at radius 2 is 2.07 bits per heavy atom. The molecule has 3 nitrogen and oxygen atoms in total. The van der Waals surface area contributed by atoms with Crippen LogP contribution in [0.4, 0.5) is 0 Å². The Morgan fingerprint density at radius 1 is 1.43 bits per heavy atom. The molecule has 0 aromatic heterocycles. The van der Waals surface area contributed by atoms with Crippen molar-refractivity contribution in [2.45, 2.75) is 6.10 Å². The Balaban J connectivity index is 2.43. The number of hydrogen-bond acceptors (Lipinski definition) is 2.